The molecule has 20 heavy (non-hydrogen) atoms. The molecule has 1 aromatic rings. The van der Waals surface area contributed by atoms with Crippen LogP contribution in [-0.2, 0) is 12.0 Å². The topological polar surface area (TPSA) is 36.1 Å². The lowest BCUT2D eigenvalue weighted by molar-refractivity contribution is -0.0790. The molecule has 0 unspecified atom stereocenters. The first kappa shape index (κ1) is 12.6. The van der Waals surface area contributed by atoms with Gasteiger partial charge in [0.2, 0.25) is 5.56 Å². The van der Waals surface area contributed by atoms with E-state index in [1.165, 1.54) is 43.5 Å². The van der Waals surface area contributed by atoms with Crippen LogP contribution >= 0.6 is 0 Å². The van der Waals surface area contributed by atoms with Crippen LogP contribution in [0.5, 0.6) is 0 Å². The Morgan fingerprint density at radius 3 is 3.10 bits per heavy atom. The van der Waals surface area contributed by atoms with Crippen molar-refractivity contribution in [3.63, 3.8) is 0 Å². The number of rotatable bonds is 0. The van der Waals surface area contributed by atoms with E-state index in [2.05, 4.69) is 29.9 Å². The summed E-state index contributed by atoms with van der Waals surface area (Å²) in [5, 5.41) is 0. The van der Waals surface area contributed by atoms with E-state index < -0.39 is 0 Å². The molecule has 2 bridgehead atoms. The quantitative estimate of drug-likeness (QED) is 0.788. The highest BCUT2D eigenvalue weighted by molar-refractivity contribution is 5.35. The van der Waals surface area contributed by atoms with Crippen molar-refractivity contribution in [2.75, 3.05) is 13.6 Å². The maximum Gasteiger partial charge on any atom is 0.248 e. The molecule has 0 aromatic carbocycles. The lowest BCUT2D eigenvalue weighted by Crippen LogP contribution is -2.61. The van der Waals surface area contributed by atoms with Crippen LogP contribution in [0.25, 0.3) is 0 Å². The first-order valence-corrected chi connectivity index (χ1v) is 8.05. The van der Waals surface area contributed by atoms with Crippen molar-refractivity contribution in [3.05, 3.63) is 33.7 Å². The van der Waals surface area contributed by atoms with Crippen LogP contribution in [0, 0.1) is 17.8 Å². The number of hydrogen-bond acceptors (Lipinski definition) is 2. The molecule has 2 heterocycles. The number of nitrogens with zero attached hydrogens (tertiary/aromatic N) is 1. The second-order valence-electron chi connectivity index (χ2n) is 7.32. The minimum Gasteiger partial charge on any atom is -0.326 e. The van der Waals surface area contributed by atoms with E-state index in [0.29, 0.717) is 0 Å². The average molecular weight is 272 g/mol. The van der Waals surface area contributed by atoms with Crippen LogP contribution in [0.15, 0.2) is 16.9 Å². The van der Waals surface area contributed by atoms with Crippen LogP contribution in [0.3, 0.4) is 0 Å². The van der Waals surface area contributed by atoms with E-state index in [9.17, 15) is 4.79 Å². The minimum atomic E-state index is 0.0585. The van der Waals surface area contributed by atoms with Gasteiger partial charge in [0.15, 0.2) is 0 Å². The highest BCUT2D eigenvalue weighted by Crippen LogP contribution is 2.57. The van der Waals surface area contributed by atoms with Gasteiger partial charge in [0, 0.05) is 11.8 Å². The first-order chi connectivity index (χ1) is 9.61. The van der Waals surface area contributed by atoms with Gasteiger partial charge >= 0.3 is 0 Å². The summed E-state index contributed by atoms with van der Waals surface area (Å²) < 4.78 is 0. The smallest absolute Gasteiger partial charge is 0.248 e. The first-order valence-electron chi connectivity index (χ1n) is 8.05. The van der Waals surface area contributed by atoms with Crippen molar-refractivity contribution >= 4 is 0 Å². The summed E-state index contributed by atoms with van der Waals surface area (Å²) in [7, 11) is 2.29. The summed E-state index contributed by atoms with van der Waals surface area (Å²) in [4.78, 5) is 17.4. The lowest BCUT2D eigenvalue weighted by atomic mass is 9.53. The van der Waals surface area contributed by atoms with Crippen molar-refractivity contribution in [1.82, 2.24) is 9.88 Å². The number of nitrogens with one attached hydrogen (secondary N) is 1. The van der Waals surface area contributed by atoms with Gasteiger partial charge in [-0.3, -0.25) is 9.69 Å². The summed E-state index contributed by atoms with van der Waals surface area (Å²) in [6, 6.07) is 3.85. The van der Waals surface area contributed by atoms with Gasteiger partial charge in [-0.15, -0.1) is 0 Å². The fourth-order valence-electron chi connectivity index (χ4n) is 5.59. The Morgan fingerprint density at radius 2 is 2.25 bits per heavy atom. The number of aromatic nitrogens is 1. The highest BCUT2D eigenvalue weighted by atomic mass is 16.1. The summed E-state index contributed by atoms with van der Waals surface area (Å²) in [6.45, 7) is 3.60. The standard InChI is InChI=1S/C17H24N2O/c1-11-8-12-9-15-14(5-6-16(20)18-15)17(10-11)13(12)4-3-7-19(17)2/h5-6,11-13H,3-4,7-10H2,1-2H3,(H,18,20)/t11-,12+,13+,17+/m0/s1. The molecule has 3 nitrogen and oxygen atoms in total. The maximum atomic E-state index is 11.7. The van der Waals surface area contributed by atoms with E-state index in [1.807, 2.05) is 0 Å². The molecule has 4 atom stereocenters. The van der Waals surface area contributed by atoms with E-state index in [1.54, 1.807) is 6.07 Å². The second kappa shape index (κ2) is 4.20. The molecule has 1 aliphatic heterocycles. The summed E-state index contributed by atoms with van der Waals surface area (Å²) in [5.74, 6) is 2.33. The zero-order chi connectivity index (χ0) is 13.9. The van der Waals surface area contributed by atoms with Gasteiger partial charge in [0.25, 0.3) is 0 Å². The molecule has 4 rings (SSSR count). The van der Waals surface area contributed by atoms with E-state index in [0.717, 1.165) is 24.2 Å². The van der Waals surface area contributed by atoms with E-state index in [4.69, 9.17) is 0 Å². The zero-order valence-electron chi connectivity index (χ0n) is 12.5. The second-order valence-corrected chi connectivity index (χ2v) is 7.32. The summed E-state index contributed by atoms with van der Waals surface area (Å²) in [5.41, 5.74) is 2.90. The summed E-state index contributed by atoms with van der Waals surface area (Å²) in [6.07, 6.45) is 6.35. The SMILES string of the molecule is C[C@H]1C[C@@H]2Cc3[nH]c(=O)ccc3[C@@]3(C1)[C@@H]2CCCN3C. The van der Waals surface area contributed by atoms with Crippen LogP contribution in [0.2, 0.25) is 0 Å². The lowest BCUT2D eigenvalue weighted by Gasteiger charge is -2.60. The molecule has 3 heteroatoms. The van der Waals surface area contributed by atoms with Crippen LogP contribution in [0.4, 0.5) is 0 Å². The molecule has 0 radical (unpaired) electrons. The highest BCUT2D eigenvalue weighted by Gasteiger charge is 2.55. The van der Waals surface area contributed by atoms with Crippen molar-refractivity contribution in [1.29, 1.82) is 0 Å². The number of likely N-dealkylation sites (tertiary alicyclic amines) is 1. The van der Waals surface area contributed by atoms with Gasteiger partial charge in [0.05, 0.1) is 5.54 Å². The predicted molar refractivity (Wildman–Crippen MR) is 79.7 cm³/mol. The number of fused-ring (bicyclic) bond motifs is 1. The molecule has 108 valence electrons. The third kappa shape index (κ3) is 1.53. The Hall–Kier alpha value is -1.09. The van der Waals surface area contributed by atoms with Gasteiger partial charge in [0.1, 0.15) is 0 Å². The normalized spacial score (nSPS) is 40.0. The molecule has 1 N–H and O–H groups in total. The van der Waals surface area contributed by atoms with Crippen LogP contribution in [-0.4, -0.2) is 23.5 Å². The van der Waals surface area contributed by atoms with Gasteiger partial charge in [-0.25, -0.2) is 0 Å². The van der Waals surface area contributed by atoms with Gasteiger partial charge in [-0.2, -0.15) is 0 Å². The Morgan fingerprint density at radius 1 is 1.40 bits per heavy atom. The molecule has 1 saturated heterocycles. The van der Waals surface area contributed by atoms with Crippen LogP contribution < -0.4 is 5.56 Å². The number of hydrogen-bond donors (Lipinski definition) is 1. The van der Waals surface area contributed by atoms with E-state index >= 15 is 0 Å². The third-order valence-electron chi connectivity index (χ3n) is 6.17. The third-order valence-corrected chi connectivity index (χ3v) is 6.17. The van der Waals surface area contributed by atoms with Gasteiger partial charge < -0.3 is 4.98 Å². The van der Waals surface area contributed by atoms with Gasteiger partial charge in [-0.05, 0) is 75.1 Å². The van der Waals surface area contributed by atoms with Crippen molar-refractivity contribution in [2.24, 2.45) is 17.8 Å². The van der Waals surface area contributed by atoms with Gasteiger partial charge in [-0.1, -0.05) is 6.92 Å². The average Bonchev–Trinajstić information content (AvgIpc) is 2.39. The predicted octanol–water partition coefficient (Wildman–Crippen LogP) is 2.51. The molecule has 2 aliphatic carbocycles. The van der Waals surface area contributed by atoms with Crippen molar-refractivity contribution < 1.29 is 0 Å². The van der Waals surface area contributed by atoms with E-state index in [-0.39, 0.29) is 11.1 Å². The monoisotopic (exact) mass is 272 g/mol. The molecule has 2 fully saturated rings. The minimum absolute atomic E-state index is 0.0585. The molecule has 0 amide bonds. The molecule has 1 saturated carbocycles. The number of pyridine rings is 1. The molecule has 3 aliphatic rings. The maximum absolute atomic E-state index is 11.7. The molecule has 1 aromatic heterocycles. The number of H-pyrrole nitrogens is 1. The number of aromatic amines is 1. The Balaban J connectivity index is 1.95. The Bertz CT molecular complexity index is 593. The Labute approximate surface area is 120 Å². The molecule has 0 spiro atoms. The fraction of sp³-hybridized carbons (Fsp3) is 0.706. The van der Waals surface area contributed by atoms with Crippen molar-refractivity contribution in [3.8, 4) is 0 Å². The molecular formula is C17H24N2O. The molecular weight excluding hydrogens is 248 g/mol. The largest absolute Gasteiger partial charge is 0.326 e. The van der Waals surface area contributed by atoms with Crippen molar-refractivity contribution in [2.45, 2.75) is 44.6 Å². The zero-order valence-corrected chi connectivity index (χ0v) is 12.5. The summed E-state index contributed by atoms with van der Waals surface area (Å²) >= 11 is 0. The Kier molecular flexibility index (Phi) is 2.65. The van der Waals surface area contributed by atoms with Crippen LogP contribution in [0.1, 0.15) is 43.9 Å². The fourth-order valence-corrected chi connectivity index (χ4v) is 5.59. The number of piperidine rings is 1.